The molecule has 27 heavy (non-hydrogen) atoms. The van der Waals surface area contributed by atoms with Gasteiger partial charge < -0.3 is 15.1 Å². The predicted octanol–water partition coefficient (Wildman–Crippen LogP) is 2.64. The number of anilines is 1. The van der Waals surface area contributed by atoms with Crippen LogP contribution in [-0.2, 0) is 0 Å². The Hall–Kier alpha value is -3.16. The maximum atomic E-state index is 12.2. The highest BCUT2D eigenvalue weighted by molar-refractivity contribution is 5.95. The average Bonchev–Trinajstić information content (AvgIpc) is 3.11. The fourth-order valence-corrected chi connectivity index (χ4v) is 2.93. The maximum absolute atomic E-state index is 12.2. The molecule has 0 spiro atoms. The first-order valence-corrected chi connectivity index (χ1v) is 8.82. The van der Waals surface area contributed by atoms with Crippen molar-refractivity contribution in [2.75, 3.05) is 18.4 Å². The Labute approximate surface area is 158 Å². The van der Waals surface area contributed by atoms with Gasteiger partial charge in [0.2, 0.25) is 0 Å². The number of aryl methyl sites for hydroxylation is 5. The molecule has 3 aromatic heterocycles. The molecule has 0 fully saturated rings. The molecule has 0 bridgehead atoms. The smallest absolute Gasteiger partial charge is 0.254 e. The molecule has 3 rings (SSSR count). The summed E-state index contributed by atoms with van der Waals surface area (Å²) in [7, 11) is 0. The Kier molecular flexibility index (Phi) is 5.25. The fraction of sp³-hybridized carbons (Fsp3) is 0.368. The highest BCUT2D eigenvalue weighted by Gasteiger charge is 2.13. The third-order valence-electron chi connectivity index (χ3n) is 4.05. The Morgan fingerprint density at radius 3 is 2.48 bits per heavy atom. The van der Waals surface area contributed by atoms with Crippen molar-refractivity contribution in [3.63, 3.8) is 0 Å². The monoisotopic (exact) mass is 368 g/mol. The van der Waals surface area contributed by atoms with Gasteiger partial charge in [-0.05, 0) is 46.8 Å². The molecule has 0 saturated heterocycles. The van der Waals surface area contributed by atoms with Crippen molar-refractivity contribution in [3.05, 3.63) is 52.5 Å². The summed E-state index contributed by atoms with van der Waals surface area (Å²) in [6.07, 6.45) is 0. The number of hydrogen-bond donors (Lipinski definition) is 2. The number of carbonyl (C=O) groups excluding carboxylic acids is 1. The topological polar surface area (TPSA) is 97.9 Å². The summed E-state index contributed by atoms with van der Waals surface area (Å²) in [5.74, 6) is 3.26. The van der Waals surface area contributed by atoms with Gasteiger partial charge in [-0.3, -0.25) is 4.79 Å². The lowest BCUT2D eigenvalue weighted by atomic mass is 10.2. The first-order chi connectivity index (χ1) is 12.8. The van der Waals surface area contributed by atoms with Crippen molar-refractivity contribution in [3.8, 4) is 5.82 Å². The number of amides is 1. The summed E-state index contributed by atoms with van der Waals surface area (Å²) < 4.78 is 7.18. The second-order valence-corrected chi connectivity index (χ2v) is 6.51. The third kappa shape index (κ3) is 4.33. The van der Waals surface area contributed by atoms with E-state index in [0.717, 1.165) is 17.1 Å². The molecule has 0 unspecified atom stereocenters. The summed E-state index contributed by atoms with van der Waals surface area (Å²) in [6.45, 7) is 10.4. The number of aromatic nitrogens is 4. The summed E-state index contributed by atoms with van der Waals surface area (Å²) in [5.41, 5.74) is 2.51. The van der Waals surface area contributed by atoms with Crippen molar-refractivity contribution >= 4 is 11.7 Å². The van der Waals surface area contributed by atoms with Gasteiger partial charge in [0.15, 0.2) is 5.82 Å². The molecule has 1 amide bonds. The van der Waals surface area contributed by atoms with Gasteiger partial charge in [-0.2, -0.15) is 5.10 Å². The van der Waals surface area contributed by atoms with Crippen LogP contribution < -0.4 is 10.6 Å². The standard InChI is InChI=1S/C19H24N6O2/c1-11-8-12(2)25(24-11)18-10-17(22-15(5)23-18)20-6-7-21-19(26)16-9-13(3)27-14(16)4/h8-10H,6-7H2,1-5H3,(H,21,26)(H,20,22,23). The van der Waals surface area contributed by atoms with Gasteiger partial charge in [0, 0.05) is 24.8 Å². The zero-order valence-corrected chi connectivity index (χ0v) is 16.3. The van der Waals surface area contributed by atoms with Gasteiger partial charge in [-0.1, -0.05) is 0 Å². The number of nitrogens with zero attached hydrogens (tertiary/aromatic N) is 4. The zero-order chi connectivity index (χ0) is 19.6. The molecule has 0 aliphatic heterocycles. The van der Waals surface area contributed by atoms with Crippen molar-refractivity contribution in [1.29, 1.82) is 0 Å². The van der Waals surface area contributed by atoms with E-state index in [2.05, 4.69) is 25.7 Å². The van der Waals surface area contributed by atoms with Crippen LogP contribution in [0.4, 0.5) is 5.82 Å². The minimum atomic E-state index is -0.145. The van der Waals surface area contributed by atoms with E-state index in [-0.39, 0.29) is 5.91 Å². The van der Waals surface area contributed by atoms with E-state index in [9.17, 15) is 4.79 Å². The Morgan fingerprint density at radius 2 is 1.85 bits per heavy atom. The Balaban J connectivity index is 1.61. The van der Waals surface area contributed by atoms with Crippen LogP contribution in [0.15, 0.2) is 22.6 Å². The zero-order valence-electron chi connectivity index (χ0n) is 16.3. The largest absolute Gasteiger partial charge is 0.466 e. The van der Waals surface area contributed by atoms with Crippen LogP contribution in [-0.4, -0.2) is 38.7 Å². The first kappa shape index (κ1) is 18.6. The van der Waals surface area contributed by atoms with Crippen LogP contribution in [0.2, 0.25) is 0 Å². The average molecular weight is 368 g/mol. The van der Waals surface area contributed by atoms with Crippen molar-refractivity contribution < 1.29 is 9.21 Å². The van der Waals surface area contributed by atoms with E-state index >= 15 is 0 Å². The van der Waals surface area contributed by atoms with Crippen LogP contribution in [0.1, 0.15) is 39.1 Å². The quantitative estimate of drug-likeness (QED) is 0.649. The van der Waals surface area contributed by atoms with E-state index in [1.54, 1.807) is 17.7 Å². The molecular weight excluding hydrogens is 344 g/mol. The Bertz CT molecular complexity index is 973. The van der Waals surface area contributed by atoms with E-state index in [4.69, 9.17) is 4.42 Å². The van der Waals surface area contributed by atoms with Gasteiger partial charge in [-0.25, -0.2) is 14.6 Å². The molecule has 142 valence electrons. The number of hydrogen-bond acceptors (Lipinski definition) is 6. The summed E-state index contributed by atoms with van der Waals surface area (Å²) in [6, 6.07) is 5.59. The van der Waals surface area contributed by atoms with E-state index in [1.165, 1.54) is 0 Å². The molecule has 8 nitrogen and oxygen atoms in total. The normalized spacial score (nSPS) is 10.9. The fourth-order valence-electron chi connectivity index (χ4n) is 2.93. The molecule has 0 aliphatic carbocycles. The highest BCUT2D eigenvalue weighted by atomic mass is 16.3. The van der Waals surface area contributed by atoms with E-state index in [1.807, 2.05) is 39.8 Å². The molecule has 3 aromatic rings. The Morgan fingerprint density at radius 1 is 1.07 bits per heavy atom. The lowest BCUT2D eigenvalue weighted by Crippen LogP contribution is -2.29. The van der Waals surface area contributed by atoms with Gasteiger partial charge in [0.25, 0.3) is 5.91 Å². The SMILES string of the molecule is Cc1cc(C)n(-c2cc(NCCNC(=O)c3cc(C)oc3C)nc(C)n2)n1. The molecule has 2 N–H and O–H groups in total. The predicted molar refractivity (Wildman–Crippen MR) is 102 cm³/mol. The van der Waals surface area contributed by atoms with Gasteiger partial charge in [0.1, 0.15) is 23.2 Å². The van der Waals surface area contributed by atoms with Gasteiger partial charge in [0.05, 0.1) is 11.3 Å². The molecule has 0 aliphatic rings. The summed E-state index contributed by atoms with van der Waals surface area (Å²) in [5, 5.41) is 10.6. The van der Waals surface area contributed by atoms with E-state index in [0.29, 0.717) is 41.9 Å². The first-order valence-electron chi connectivity index (χ1n) is 8.82. The maximum Gasteiger partial charge on any atom is 0.254 e. The lowest BCUT2D eigenvalue weighted by Gasteiger charge is -2.10. The van der Waals surface area contributed by atoms with Crippen LogP contribution in [0.3, 0.4) is 0 Å². The number of nitrogens with one attached hydrogen (secondary N) is 2. The van der Waals surface area contributed by atoms with Crippen LogP contribution in [0.25, 0.3) is 5.82 Å². The van der Waals surface area contributed by atoms with Crippen molar-refractivity contribution in [2.45, 2.75) is 34.6 Å². The van der Waals surface area contributed by atoms with E-state index < -0.39 is 0 Å². The van der Waals surface area contributed by atoms with Gasteiger partial charge in [-0.15, -0.1) is 0 Å². The summed E-state index contributed by atoms with van der Waals surface area (Å²) in [4.78, 5) is 21.0. The highest BCUT2D eigenvalue weighted by Crippen LogP contribution is 2.14. The minimum Gasteiger partial charge on any atom is -0.466 e. The molecule has 0 saturated carbocycles. The van der Waals surface area contributed by atoms with Crippen LogP contribution in [0.5, 0.6) is 0 Å². The molecule has 0 atom stereocenters. The van der Waals surface area contributed by atoms with Crippen molar-refractivity contribution in [2.24, 2.45) is 0 Å². The number of rotatable bonds is 6. The van der Waals surface area contributed by atoms with Crippen LogP contribution in [0, 0.1) is 34.6 Å². The number of furan rings is 1. The minimum absolute atomic E-state index is 0.145. The van der Waals surface area contributed by atoms with Crippen LogP contribution >= 0.6 is 0 Å². The van der Waals surface area contributed by atoms with Gasteiger partial charge >= 0.3 is 0 Å². The lowest BCUT2D eigenvalue weighted by molar-refractivity contribution is 0.0953. The number of carbonyl (C=O) groups is 1. The molecule has 0 radical (unpaired) electrons. The van der Waals surface area contributed by atoms with Crippen molar-refractivity contribution in [1.82, 2.24) is 25.1 Å². The molecular formula is C19H24N6O2. The molecule has 0 aromatic carbocycles. The third-order valence-corrected chi connectivity index (χ3v) is 4.05. The second kappa shape index (κ2) is 7.61. The molecule has 3 heterocycles. The second-order valence-electron chi connectivity index (χ2n) is 6.51. The molecule has 8 heteroatoms. The summed E-state index contributed by atoms with van der Waals surface area (Å²) >= 11 is 0.